The highest BCUT2D eigenvalue weighted by molar-refractivity contribution is 5.79. The summed E-state index contributed by atoms with van der Waals surface area (Å²) in [6.07, 6.45) is 0. The quantitative estimate of drug-likeness (QED) is 0.144. The third-order valence-electron chi connectivity index (χ3n) is 4.03. The first-order chi connectivity index (χ1) is 16.9. The van der Waals surface area contributed by atoms with Gasteiger partial charge in [-0.1, -0.05) is 0 Å². The standard InChI is InChI=1S/C18H24N10O8/c1-9-21-15(25-17(23-9)27(5-11(29)30)6-12(31)32)19-3-4-20-16-22-10(2)24-18(26-16)28(7-13(33)34)8-14(35)36/h3-8H2,1-2H3,(H,29,30)(H,31,32)(H,33,34)(H,35,36)(H,19,21,23,25)(H,20,22,24,26). The Bertz CT molecular complexity index is 1010. The summed E-state index contributed by atoms with van der Waals surface area (Å²) in [6, 6.07) is 0. The van der Waals surface area contributed by atoms with Crippen LogP contribution in [-0.2, 0) is 19.2 Å². The second-order valence-corrected chi connectivity index (χ2v) is 7.15. The Balaban J connectivity index is 2.07. The lowest BCUT2D eigenvalue weighted by Crippen LogP contribution is -2.36. The van der Waals surface area contributed by atoms with Crippen LogP contribution in [0.1, 0.15) is 11.6 Å². The Kier molecular flexibility index (Phi) is 9.52. The van der Waals surface area contributed by atoms with Crippen LogP contribution in [0.3, 0.4) is 0 Å². The van der Waals surface area contributed by atoms with Gasteiger partial charge >= 0.3 is 23.9 Å². The lowest BCUT2D eigenvalue weighted by atomic mass is 10.5. The molecule has 0 aromatic carbocycles. The molecule has 2 rings (SSSR count). The van der Waals surface area contributed by atoms with Gasteiger partial charge in [-0.3, -0.25) is 19.2 Å². The molecule has 6 N–H and O–H groups in total. The van der Waals surface area contributed by atoms with E-state index < -0.39 is 50.1 Å². The van der Waals surface area contributed by atoms with Crippen molar-refractivity contribution in [2.24, 2.45) is 0 Å². The summed E-state index contributed by atoms with van der Waals surface area (Å²) >= 11 is 0. The largest absolute Gasteiger partial charge is 0.480 e. The van der Waals surface area contributed by atoms with E-state index in [2.05, 4.69) is 40.5 Å². The van der Waals surface area contributed by atoms with E-state index in [1.54, 1.807) is 0 Å². The number of rotatable bonds is 15. The van der Waals surface area contributed by atoms with Crippen molar-refractivity contribution in [1.29, 1.82) is 0 Å². The summed E-state index contributed by atoms with van der Waals surface area (Å²) < 4.78 is 0. The van der Waals surface area contributed by atoms with Gasteiger partial charge in [-0.2, -0.15) is 29.9 Å². The van der Waals surface area contributed by atoms with Crippen molar-refractivity contribution in [1.82, 2.24) is 29.9 Å². The molecule has 18 heteroatoms. The van der Waals surface area contributed by atoms with Crippen LogP contribution in [0, 0.1) is 13.8 Å². The number of aromatic nitrogens is 6. The molecular formula is C18H24N10O8. The molecular weight excluding hydrogens is 484 g/mol. The third-order valence-corrected chi connectivity index (χ3v) is 4.03. The van der Waals surface area contributed by atoms with Crippen molar-refractivity contribution in [3.8, 4) is 0 Å². The minimum absolute atomic E-state index is 0.0710. The number of anilines is 4. The Hall–Kier alpha value is -4.90. The van der Waals surface area contributed by atoms with E-state index in [0.29, 0.717) is 0 Å². The summed E-state index contributed by atoms with van der Waals surface area (Å²) in [5.74, 6) is -4.69. The smallest absolute Gasteiger partial charge is 0.323 e. The first kappa shape index (κ1) is 27.3. The molecule has 0 fully saturated rings. The number of carboxylic acid groups (broad SMARTS) is 4. The van der Waals surface area contributed by atoms with E-state index in [1.165, 1.54) is 13.8 Å². The Labute approximate surface area is 203 Å². The van der Waals surface area contributed by atoms with Crippen LogP contribution in [0.5, 0.6) is 0 Å². The highest BCUT2D eigenvalue weighted by Gasteiger charge is 2.20. The number of carboxylic acids is 4. The van der Waals surface area contributed by atoms with Gasteiger partial charge in [-0.05, 0) is 13.8 Å². The van der Waals surface area contributed by atoms with Crippen molar-refractivity contribution < 1.29 is 39.6 Å². The van der Waals surface area contributed by atoms with Crippen LogP contribution in [0.25, 0.3) is 0 Å². The van der Waals surface area contributed by atoms with Gasteiger partial charge in [0, 0.05) is 13.1 Å². The predicted molar refractivity (Wildman–Crippen MR) is 121 cm³/mol. The lowest BCUT2D eigenvalue weighted by molar-refractivity contribution is -0.138. The minimum atomic E-state index is -1.26. The summed E-state index contributed by atoms with van der Waals surface area (Å²) in [5.41, 5.74) is 0. The third kappa shape index (κ3) is 9.15. The lowest BCUT2D eigenvalue weighted by Gasteiger charge is -2.19. The topological polar surface area (TPSA) is 257 Å². The fraction of sp³-hybridized carbons (Fsp3) is 0.444. The fourth-order valence-corrected chi connectivity index (χ4v) is 2.77. The molecule has 36 heavy (non-hydrogen) atoms. The highest BCUT2D eigenvalue weighted by atomic mass is 16.4. The van der Waals surface area contributed by atoms with Crippen LogP contribution in [0.2, 0.25) is 0 Å². The number of aryl methyl sites for hydroxylation is 2. The molecule has 0 aliphatic rings. The van der Waals surface area contributed by atoms with Gasteiger partial charge in [0.2, 0.25) is 23.8 Å². The van der Waals surface area contributed by atoms with Crippen LogP contribution in [0.4, 0.5) is 23.8 Å². The molecule has 0 atom stereocenters. The van der Waals surface area contributed by atoms with Gasteiger partial charge in [-0.25, -0.2) is 0 Å². The molecule has 194 valence electrons. The monoisotopic (exact) mass is 508 g/mol. The fourth-order valence-electron chi connectivity index (χ4n) is 2.77. The molecule has 2 aromatic heterocycles. The van der Waals surface area contributed by atoms with Crippen molar-refractivity contribution in [3.05, 3.63) is 11.6 Å². The van der Waals surface area contributed by atoms with Gasteiger partial charge in [0.25, 0.3) is 0 Å². The van der Waals surface area contributed by atoms with E-state index in [1.807, 2.05) is 0 Å². The second-order valence-electron chi connectivity index (χ2n) is 7.15. The zero-order valence-electron chi connectivity index (χ0n) is 19.2. The molecule has 0 aliphatic carbocycles. The van der Waals surface area contributed by atoms with Crippen molar-refractivity contribution in [3.63, 3.8) is 0 Å². The molecule has 0 radical (unpaired) electrons. The van der Waals surface area contributed by atoms with Gasteiger partial charge in [-0.15, -0.1) is 0 Å². The number of nitrogens with one attached hydrogen (secondary N) is 2. The number of hydrogen-bond donors (Lipinski definition) is 6. The van der Waals surface area contributed by atoms with Crippen LogP contribution in [-0.4, -0.2) is 113 Å². The molecule has 0 unspecified atom stereocenters. The molecule has 0 aliphatic heterocycles. The van der Waals surface area contributed by atoms with Crippen molar-refractivity contribution in [2.75, 3.05) is 59.7 Å². The zero-order valence-corrected chi connectivity index (χ0v) is 19.2. The van der Waals surface area contributed by atoms with Gasteiger partial charge in [0.15, 0.2) is 0 Å². The SMILES string of the molecule is Cc1nc(NCCNc2nc(C)nc(N(CC(=O)O)CC(=O)O)n2)nc(N(CC(=O)O)CC(=O)O)n1. The second kappa shape index (κ2) is 12.5. The first-order valence-corrected chi connectivity index (χ1v) is 10.2. The van der Waals surface area contributed by atoms with Crippen molar-refractivity contribution >= 4 is 47.7 Å². The maximum atomic E-state index is 11.1. The van der Waals surface area contributed by atoms with E-state index >= 15 is 0 Å². The normalized spacial score (nSPS) is 10.4. The summed E-state index contributed by atoms with van der Waals surface area (Å²) in [7, 11) is 0. The number of nitrogens with zero attached hydrogens (tertiary/aromatic N) is 8. The van der Waals surface area contributed by atoms with Gasteiger partial charge in [0.1, 0.15) is 37.8 Å². The average Bonchev–Trinajstić information content (AvgIpc) is 2.74. The van der Waals surface area contributed by atoms with E-state index in [0.717, 1.165) is 9.80 Å². The maximum Gasteiger partial charge on any atom is 0.323 e. The predicted octanol–water partition coefficient (Wildman–Crippen LogP) is -1.85. The van der Waals surface area contributed by atoms with E-state index in [-0.39, 0.29) is 48.5 Å². The Morgan fingerprint density at radius 2 is 0.889 bits per heavy atom. The molecule has 0 bridgehead atoms. The Morgan fingerprint density at radius 1 is 0.583 bits per heavy atom. The molecule has 0 saturated carbocycles. The van der Waals surface area contributed by atoms with Gasteiger partial charge in [0.05, 0.1) is 0 Å². The van der Waals surface area contributed by atoms with Crippen LogP contribution < -0.4 is 20.4 Å². The van der Waals surface area contributed by atoms with Crippen molar-refractivity contribution in [2.45, 2.75) is 13.8 Å². The Morgan fingerprint density at radius 3 is 1.17 bits per heavy atom. The van der Waals surface area contributed by atoms with E-state index in [9.17, 15) is 19.2 Å². The summed E-state index contributed by atoms with van der Waals surface area (Å²) in [6.45, 7) is 0.963. The first-order valence-electron chi connectivity index (χ1n) is 10.2. The zero-order chi connectivity index (χ0) is 26.8. The number of hydrogen-bond acceptors (Lipinski definition) is 14. The van der Waals surface area contributed by atoms with Gasteiger partial charge < -0.3 is 40.9 Å². The maximum absolute atomic E-state index is 11.1. The van der Waals surface area contributed by atoms with E-state index in [4.69, 9.17) is 20.4 Å². The molecule has 2 aromatic rings. The number of aliphatic carboxylic acids is 4. The molecule has 0 saturated heterocycles. The molecule has 0 amide bonds. The minimum Gasteiger partial charge on any atom is -0.480 e. The molecule has 2 heterocycles. The summed E-state index contributed by atoms with van der Waals surface area (Å²) in [4.78, 5) is 70.5. The number of carbonyl (C=O) groups is 4. The van der Waals surface area contributed by atoms with Crippen LogP contribution >= 0.6 is 0 Å². The summed E-state index contributed by atoms with van der Waals surface area (Å²) in [5, 5.41) is 41.9. The highest BCUT2D eigenvalue weighted by Crippen LogP contribution is 2.12. The average molecular weight is 508 g/mol. The van der Waals surface area contributed by atoms with Crippen LogP contribution in [0.15, 0.2) is 0 Å². The molecule has 18 nitrogen and oxygen atoms in total. The molecule has 0 spiro atoms.